The van der Waals surface area contributed by atoms with Gasteiger partial charge in [0.25, 0.3) is 0 Å². The summed E-state index contributed by atoms with van der Waals surface area (Å²) in [5.74, 6) is 1.15. The third kappa shape index (κ3) is 2.37. The lowest BCUT2D eigenvalue weighted by Gasteiger charge is -2.05. The van der Waals surface area contributed by atoms with E-state index in [1.165, 1.54) is 0 Å². The summed E-state index contributed by atoms with van der Waals surface area (Å²) in [5.41, 5.74) is 13.9. The Morgan fingerprint density at radius 1 is 1.38 bits per heavy atom. The Bertz CT molecular complexity index is 474. The summed E-state index contributed by atoms with van der Waals surface area (Å²) in [4.78, 5) is 13.1. The van der Waals surface area contributed by atoms with Crippen LogP contribution in [0.1, 0.15) is 10.6 Å². The smallest absolute Gasteiger partial charge is 0.223 e. The fourth-order valence-corrected chi connectivity index (χ4v) is 1.96. The van der Waals surface area contributed by atoms with Crippen LogP contribution in [0.15, 0.2) is 11.6 Å². The highest BCUT2D eigenvalue weighted by atomic mass is 32.1. The molecule has 5 N–H and O–H groups in total. The van der Waals surface area contributed by atoms with Crippen LogP contribution in [0.3, 0.4) is 0 Å². The molecule has 0 fully saturated rings. The number of hydrogen-bond acceptors (Lipinski definition) is 7. The summed E-state index contributed by atoms with van der Waals surface area (Å²) >= 11 is 1.60. The topological polar surface area (TPSA) is 103 Å². The van der Waals surface area contributed by atoms with Crippen LogP contribution in [0.2, 0.25) is 0 Å². The normalized spacial score (nSPS) is 10.3. The van der Waals surface area contributed by atoms with E-state index in [-0.39, 0.29) is 5.95 Å². The molecule has 2 aromatic rings. The molecule has 0 aliphatic heterocycles. The lowest BCUT2D eigenvalue weighted by molar-refractivity contribution is 1.08. The molecule has 6 nitrogen and oxygen atoms in total. The summed E-state index contributed by atoms with van der Waals surface area (Å²) in [5, 5.41) is 3.13. The number of anilines is 3. The van der Waals surface area contributed by atoms with Crippen molar-refractivity contribution in [3.8, 4) is 0 Å². The summed E-state index contributed by atoms with van der Waals surface area (Å²) in [6.07, 6.45) is 0. The molecule has 0 aromatic carbocycles. The van der Waals surface area contributed by atoms with Crippen molar-refractivity contribution in [2.75, 3.05) is 16.8 Å². The van der Waals surface area contributed by atoms with Crippen LogP contribution in [0.25, 0.3) is 0 Å². The zero-order valence-corrected chi connectivity index (χ0v) is 9.58. The van der Waals surface area contributed by atoms with E-state index in [0.717, 1.165) is 10.6 Å². The number of thiazole rings is 1. The predicted octanol–water partition coefficient (Wildman–Crippen LogP) is 1.02. The highest BCUT2D eigenvalue weighted by molar-refractivity contribution is 7.09. The van der Waals surface area contributed by atoms with Gasteiger partial charge in [-0.3, -0.25) is 0 Å². The first-order valence-corrected chi connectivity index (χ1v) is 5.56. The first-order chi connectivity index (χ1) is 7.65. The van der Waals surface area contributed by atoms with Gasteiger partial charge in [0, 0.05) is 10.9 Å². The van der Waals surface area contributed by atoms with Crippen LogP contribution in [0.4, 0.5) is 17.6 Å². The number of nitrogens with two attached hydrogens (primary N) is 2. The van der Waals surface area contributed by atoms with Gasteiger partial charge in [-0.05, 0) is 6.92 Å². The van der Waals surface area contributed by atoms with E-state index in [1.54, 1.807) is 17.4 Å². The Hall–Kier alpha value is -1.89. The van der Waals surface area contributed by atoms with Gasteiger partial charge in [-0.25, -0.2) is 4.98 Å². The van der Waals surface area contributed by atoms with Crippen LogP contribution in [0, 0.1) is 6.92 Å². The molecule has 0 aliphatic carbocycles. The average molecular weight is 236 g/mol. The van der Waals surface area contributed by atoms with Gasteiger partial charge in [-0.15, -0.1) is 11.3 Å². The third-order valence-corrected chi connectivity index (χ3v) is 2.97. The number of aryl methyl sites for hydroxylation is 1. The van der Waals surface area contributed by atoms with E-state index < -0.39 is 0 Å². The van der Waals surface area contributed by atoms with E-state index in [9.17, 15) is 0 Å². The maximum absolute atomic E-state index is 5.56. The molecule has 2 rings (SSSR count). The molecule has 0 saturated heterocycles. The molecule has 0 aliphatic rings. The van der Waals surface area contributed by atoms with Gasteiger partial charge in [-0.2, -0.15) is 9.97 Å². The van der Waals surface area contributed by atoms with Crippen molar-refractivity contribution >= 4 is 28.9 Å². The number of nitrogen functional groups attached to an aromatic ring is 2. The van der Waals surface area contributed by atoms with Gasteiger partial charge in [0.1, 0.15) is 11.6 Å². The van der Waals surface area contributed by atoms with Crippen molar-refractivity contribution in [1.29, 1.82) is 0 Å². The van der Waals surface area contributed by atoms with Gasteiger partial charge in [0.15, 0.2) is 0 Å². The minimum atomic E-state index is 0.170. The van der Waals surface area contributed by atoms with Crippen molar-refractivity contribution in [3.05, 3.63) is 22.1 Å². The molecule has 0 radical (unpaired) electrons. The van der Waals surface area contributed by atoms with E-state index >= 15 is 0 Å². The molecule has 0 spiro atoms. The fourth-order valence-electron chi connectivity index (χ4n) is 1.24. The fraction of sp³-hybridized carbons (Fsp3) is 0.222. The summed E-state index contributed by atoms with van der Waals surface area (Å²) < 4.78 is 0. The van der Waals surface area contributed by atoms with Crippen LogP contribution < -0.4 is 16.8 Å². The van der Waals surface area contributed by atoms with E-state index in [1.807, 2.05) is 12.4 Å². The quantitative estimate of drug-likeness (QED) is 0.735. The monoisotopic (exact) mass is 236 g/mol. The van der Waals surface area contributed by atoms with Gasteiger partial charge in [-0.1, -0.05) is 0 Å². The Morgan fingerprint density at radius 2 is 2.19 bits per heavy atom. The van der Waals surface area contributed by atoms with Crippen molar-refractivity contribution in [3.63, 3.8) is 0 Å². The Kier molecular flexibility index (Phi) is 2.86. The summed E-state index contributed by atoms with van der Waals surface area (Å²) in [6.45, 7) is 2.63. The molecule has 0 amide bonds. The molecular formula is C9H12N6S. The standard InChI is InChI=1S/C9H12N6S/c1-5-6(16-4-13-5)3-12-8-2-7(10)14-9(11)15-8/h2,4H,3H2,1H3,(H5,10,11,12,14,15). The highest BCUT2D eigenvalue weighted by Crippen LogP contribution is 2.15. The summed E-state index contributed by atoms with van der Waals surface area (Å²) in [7, 11) is 0. The predicted molar refractivity (Wildman–Crippen MR) is 65.0 cm³/mol. The molecular weight excluding hydrogens is 224 g/mol. The number of nitrogens with zero attached hydrogens (tertiary/aromatic N) is 3. The molecule has 2 heterocycles. The van der Waals surface area contributed by atoms with Crippen LogP contribution in [-0.2, 0) is 6.54 Å². The number of nitrogens with one attached hydrogen (secondary N) is 1. The second-order valence-electron chi connectivity index (χ2n) is 3.25. The highest BCUT2D eigenvalue weighted by Gasteiger charge is 2.03. The van der Waals surface area contributed by atoms with Crippen LogP contribution in [0.5, 0.6) is 0 Å². The largest absolute Gasteiger partial charge is 0.383 e. The zero-order chi connectivity index (χ0) is 11.5. The van der Waals surface area contributed by atoms with Crippen molar-refractivity contribution in [2.45, 2.75) is 13.5 Å². The molecule has 7 heteroatoms. The minimum absolute atomic E-state index is 0.170. The second kappa shape index (κ2) is 4.31. The molecule has 2 aromatic heterocycles. The molecule has 0 bridgehead atoms. The van der Waals surface area contributed by atoms with Crippen molar-refractivity contribution in [2.24, 2.45) is 0 Å². The van der Waals surface area contributed by atoms with Crippen LogP contribution >= 0.6 is 11.3 Å². The minimum Gasteiger partial charge on any atom is -0.383 e. The van der Waals surface area contributed by atoms with Crippen molar-refractivity contribution < 1.29 is 0 Å². The molecule has 16 heavy (non-hydrogen) atoms. The maximum Gasteiger partial charge on any atom is 0.223 e. The number of aromatic nitrogens is 3. The second-order valence-corrected chi connectivity index (χ2v) is 4.19. The first kappa shape index (κ1) is 10.6. The molecule has 0 atom stereocenters. The lowest BCUT2D eigenvalue weighted by Crippen LogP contribution is -2.06. The van der Waals surface area contributed by atoms with Gasteiger partial charge >= 0.3 is 0 Å². The summed E-state index contributed by atoms with van der Waals surface area (Å²) in [6, 6.07) is 1.65. The zero-order valence-electron chi connectivity index (χ0n) is 8.77. The van der Waals surface area contributed by atoms with Crippen LogP contribution in [-0.4, -0.2) is 15.0 Å². The third-order valence-electron chi connectivity index (χ3n) is 2.04. The van der Waals surface area contributed by atoms with E-state index in [4.69, 9.17) is 11.5 Å². The lowest BCUT2D eigenvalue weighted by atomic mass is 10.4. The van der Waals surface area contributed by atoms with Gasteiger partial charge in [0.05, 0.1) is 17.7 Å². The number of rotatable bonds is 3. The first-order valence-electron chi connectivity index (χ1n) is 4.68. The Morgan fingerprint density at radius 3 is 2.81 bits per heavy atom. The Balaban J connectivity index is 2.07. The SMILES string of the molecule is Cc1ncsc1CNc1cc(N)nc(N)n1. The average Bonchev–Trinajstić information content (AvgIpc) is 2.59. The van der Waals surface area contributed by atoms with E-state index in [2.05, 4.69) is 20.3 Å². The van der Waals surface area contributed by atoms with Crippen molar-refractivity contribution in [1.82, 2.24) is 15.0 Å². The molecule has 0 saturated carbocycles. The molecule has 0 unspecified atom stereocenters. The maximum atomic E-state index is 5.56. The number of hydrogen-bond donors (Lipinski definition) is 3. The van der Waals surface area contributed by atoms with Gasteiger partial charge in [0.2, 0.25) is 5.95 Å². The van der Waals surface area contributed by atoms with E-state index in [0.29, 0.717) is 18.2 Å². The van der Waals surface area contributed by atoms with Gasteiger partial charge < -0.3 is 16.8 Å². The Labute approximate surface area is 96.7 Å². The molecule has 84 valence electrons.